The van der Waals surface area contributed by atoms with Crippen molar-refractivity contribution in [1.29, 1.82) is 0 Å². The molecule has 29 heavy (non-hydrogen) atoms. The molecule has 0 aliphatic heterocycles. The van der Waals surface area contributed by atoms with Crippen LogP contribution in [0.25, 0.3) is 0 Å². The summed E-state index contributed by atoms with van der Waals surface area (Å²) in [5, 5.41) is 13.6. The van der Waals surface area contributed by atoms with E-state index in [1.165, 1.54) is 25.6 Å². The number of ether oxygens (including phenoxy) is 2. The van der Waals surface area contributed by atoms with Crippen molar-refractivity contribution in [2.24, 2.45) is 7.05 Å². The van der Waals surface area contributed by atoms with E-state index >= 15 is 0 Å². The minimum atomic E-state index is -0.303. The first kappa shape index (κ1) is 20.4. The van der Waals surface area contributed by atoms with Crippen LogP contribution in [0.4, 0.5) is 5.69 Å². The Balaban J connectivity index is 1.79. The Morgan fingerprint density at radius 2 is 2.03 bits per heavy atom. The smallest absolute Gasteiger partial charge is 0.251 e. The van der Waals surface area contributed by atoms with E-state index in [1.54, 1.807) is 23.0 Å². The number of rotatable bonds is 8. The van der Waals surface area contributed by atoms with Gasteiger partial charge in [-0.3, -0.25) is 14.3 Å². The summed E-state index contributed by atoms with van der Waals surface area (Å²) < 4.78 is 12.4. The molecule has 0 radical (unpaired) electrons. The zero-order chi connectivity index (χ0) is 20.8. The number of thiophene rings is 1. The van der Waals surface area contributed by atoms with Crippen LogP contribution in [0, 0.1) is 0 Å². The van der Waals surface area contributed by atoms with E-state index < -0.39 is 0 Å². The van der Waals surface area contributed by atoms with Crippen molar-refractivity contribution in [2.75, 3.05) is 19.5 Å². The Morgan fingerprint density at radius 1 is 1.21 bits per heavy atom. The number of nitrogens with zero attached hydrogens (tertiary/aromatic N) is 2. The molecule has 0 aliphatic carbocycles. The predicted octanol–water partition coefficient (Wildman–Crippen LogP) is 2.61. The summed E-state index contributed by atoms with van der Waals surface area (Å²) in [6.45, 7) is 0.334. The lowest BCUT2D eigenvalue weighted by atomic mass is 10.1. The van der Waals surface area contributed by atoms with Crippen LogP contribution >= 0.6 is 11.3 Å². The Hall–Kier alpha value is -3.33. The minimum Gasteiger partial charge on any atom is -0.493 e. The van der Waals surface area contributed by atoms with Crippen LogP contribution in [-0.4, -0.2) is 35.8 Å². The highest BCUT2D eigenvalue weighted by Gasteiger charge is 2.18. The second kappa shape index (κ2) is 9.24. The number of amides is 2. The molecule has 8 nitrogen and oxygen atoms in total. The molecule has 0 unspecified atom stereocenters. The summed E-state index contributed by atoms with van der Waals surface area (Å²) >= 11 is 1.53. The maximum atomic E-state index is 12.6. The van der Waals surface area contributed by atoms with Crippen LogP contribution in [-0.2, 0) is 24.8 Å². The molecule has 2 heterocycles. The van der Waals surface area contributed by atoms with Crippen LogP contribution in [0.1, 0.15) is 21.5 Å². The minimum absolute atomic E-state index is 0.211. The molecule has 3 aromatic rings. The molecule has 2 N–H and O–H groups in total. The third-order valence-electron chi connectivity index (χ3n) is 4.17. The van der Waals surface area contributed by atoms with Gasteiger partial charge in [0.2, 0.25) is 5.91 Å². The van der Waals surface area contributed by atoms with Crippen molar-refractivity contribution < 1.29 is 19.1 Å². The molecular formula is C20H22N4O4S. The molecule has 3 rings (SSSR count). The fourth-order valence-corrected chi connectivity index (χ4v) is 3.48. The molecule has 152 valence electrons. The maximum Gasteiger partial charge on any atom is 0.251 e. The summed E-state index contributed by atoms with van der Waals surface area (Å²) in [6, 6.07) is 5.04. The van der Waals surface area contributed by atoms with E-state index in [4.69, 9.17) is 9.47 Å². The Kier molecular flexibility index (Phi) is 6.50. The topological polar surface area (TPSA) is 94.5 Å². The van der Waals surface area contributed by atoms with E-state index in [1.807, 2.05) is 30.1 Å². The molecule has 0 spiro atoms. The quantitative estimate of drug-likeness (QED) is 0.591. The number of aryl methyl sites for hydroxylation is 1. The predicted molar refractivity (Wildman–Crippen MR) is 111 cm³/mol. The van der Waals surface area contributed by atoms with E-state index in [9.17, 15) is 9.59 Å². The van der Waals surface area contributed by atoms with Gasteiger partial charge in [-0.25, -0.2) is 0 Å². The molecule has 0 fully saturated rings. The third-order valence-corrected chi connectivity index (χ3v) is 4.90. The van der Waals surface area contributed by atoms with Crippen molar-refractivity contribution in [1.82, 2.24) is 15.1 Å². The number of hydrogen-bond donors (Lipinski definition) is 2. The van der Waals surface area contributed by atoms with Gasteiger partial charge in [-0.05, 0) is 34.5 Å². The fraction of sp³-hybridized carbons (Fsp3) is 0.250. The molecule has 0 bridgehead atoms. The molecule has 0 atom stereocenters. The normalized spacial score (nSPS) is 10.4. The molecule has 9 heteroatoms. The van der Waals surface area contributed by atoms with E-state index in [-0.39, 0.29) is 18.2 Å². The van der Waals surface area contributed by atoms with Crippen molar-refractivity contribution >= 4 is 28.8 Å². The molecular weight excluding hydrogens is 392 g/mol. The first-order chi connectivity index (χ1) is 14.0. The molecule has 0 saturated carbocycles. The largest absolute Gasteiger partial charge is 0.493 e. The number of methoxy groups -OCH3 is 2. The molecule has 0 aliphatic rings. The fourth-order valence-electron chi connectivity index (χ4n) is 2.81. The van der Waals surface area contributed by atoms with E-state index in [2.05, 4.69) is 15.7 Å². The van der Waals surface area contributed by atoms with Gasteiger partial charge >= 0.3 is 0 Å². The first-order valence-corrected chi connectivity index (χ1v) is 9.77. The summed E-state index contributed by atoms with van der Waals surface area (Å²) in [6.07, 6.45) is 3.74. The standard InChI is InChI=1S/C20H22N4O4S/c1-24-11-14(10-22-24)9-21-20(26)15-7-16(19(28-3)17(8-15)27-2)23-18(25)6-13-4-5-29-12-13/h4-5,7-8,10-12H,6,9H2,1-3H3,(H,21,26)(H,23,25). The van der Waals surface area contributed by atoms with E-state index in [0.717, 1.165) is 11.1 Å². The zero-order valence-electron chi connectivity index (χ0n) is 16.4. The van der Waals surface area contributed by atoms with Crippen LogP contribution in [0.5, 0.6) is 11.5 Å². The lowest BCUT2D eigenvalue weighted by Crippen LogP contribution is -2.23. The SMILES string of the molecule is COc1cc(C(=O)NCc2cnn(C)c2)cc(NC(=O)Cc2ccsc2)c1OC. The van der Waals surface area contributed by atoms with Crippen LogP contribution in [0.15, 0.2) is 41.4 Å². The summed E-state index contributed by atoms with van der Waals surface area (Å²) in [7, 11) is 4.77. The monoisotopic (exact) mass is 414 g/mol. The second-order valence-electron chi connectivity index (χ2n) is 6.32. The molecule has 2 amide bonds. The highest BCUT2D eigenvalue weighted by molar-refractivity contribution is 7.08. The summed E-state index contributed by atoms with van der Waals surface area (Å²) in [5.41, 5.74) is 2.52. The van der Waals surface area contributed by atoms with Gasteiger partial charge in [0.1, 0.15) is 0 Å². The first-order valence-electron chi connectivity index (χ1n) is 8.82. The Morgan fingerprint density at radius 3 is 2.66 bits per heavy atom. The van der Waals surface area contributed by atoms with Gasteiger partial charge in [0, 0.05) is 30.9 Å². The van der Waals surface area contributed by atoms with Crippen molar-refractivity contribution in [3.8, 4) is 11.5 Å². The zero-order valence-corrected chi connectivity index (χ0v) is 17.2. The Bertz CT molecular complexity index is 998. The van der Waals surface area contributed by atoms with Gasteiger partial charge < -0.3 is 20.1 Å². The van der Waals surface area contributed by atoms with Gasteiger partial charge in [-0.2, -0.15) is 16.4 Å². The highest BCUT2D eigenvalue weighted by Crippen LogP contribution is 2.36. The highest BCUT2D eigenvalue weighted by atomic mass is 32.1. The average Bonchev–Trinajstić information content (AvgIpc) is 3.36. The van der Waals surface area contributed by atoms with Gasteiger partial charge in [-0.1, -0.05) is 0 Å². The number of carbonyl (C=O) groups is 2. The summed E-state index contributed by atoms with van der Waals surface area (Å²) in [5.74, 6) is 0.196. The van der Waals surface area contributed by atoms with Crippen molar-refractivity contribution in [2.45, 2.75) is 13.0 Å². The second-order valence-corrected chi connectivity index (χ2v) is 7.10. The van der Waals surface area contributed by atoms with Crippen LogP contribution in [0.3, 0.4) is 0 Å². The van der Waals surface area contributed by atoms with E-state index in [0.29, 0.717) is 29.3 Å². The van der Waals surface area contributed by atoms with Crippen LogP contribution < -0.4 is 20.1 Å². The molecule has 0 saturated heterocycles. The van der Waals surface area contributed by atoms with Crippen LogP contribution in [0.2, 0.25) is 0 Å². The molecule has 2 aromatic heterocycles. The number of nitrogens with one attached hydrogen (secondary N) is 2. The number of carbonyl (C=O) groups excluding carboxylic acids is 2. The number of anilines is 1. The van der Waals surface area contributed by atoms with Gasteiger partial charge in [-0.15, -0.1) is 0 Å². The van der Waals surface area contributed by atoms with Gasteiger partial charge in [0.15, 0.2) is 11.5 Å². The Labute approximate surface area is 172 Å². The maximum absolute atomic E-state index is 12.6. The van der Waals surface area contributed by atoms with Gasteiger partial charge in [0.25, 0.3) is 5.91 Å². The number of benzene rings is 1. The summed E-state index contributed by atoms with van der Waals surface area (Å²) in [4.78, 5) is 25.1. The van der Waals surface area contributed by atoms with Crippen molar-refractivity contribution in [3.63, 3.8) is 0 Å². The lowest BCUT2D eigenvalue weighted by molar-refractivity contribution is -0.115. The molecule has 1 aromatic carbocycles. The third kappa shape index (κ3) is 5.14. The number of hydrogen-bond acceptors (Lipinski definition) is 6. The number of aromatic nitrogens is 2. The average molecular weight is 414 g/mol. The van der Waals surface area contributed by atoms with Crippen molar-refractivity contribution in [3.05, 3.63) is 58.0 Å². The van der Waals surface area contributed by atoms with Gasteiger partial charge in [0.05, 0.1) is 32.5 Å². The lowest BCUT2D eigenvalue weighted by Gasteiger charge is -2.16.